The molecule has 26 heavy (non-hydrogen) atoms. The maximum Gasteiger partial charge on any atom is 0.276 e. The zero-order chi connectivity index (χ0) is 18.7. The highest BCUT2D eigenvalue weighted by Gasteiger charge is 2.24. The third-order valence-electron chi connectivity index (χ3n) is 3.68. The summed E-state index contributed by atoms with van der Waals surface area (Å²) in [6, 6.07) is 3.46. The molecule has 0 aromatic carbocycles. The third kappa shape index (κ3) is 3.56. The van der Waals surface area contributed by atoms with Crippen molar-refractivity contribution in [3.05, 3.63) is 42.2 Å². The van der Waals surface area contributed by atoms with E-state index >= 15 is 0 Å². The normalized spacial score (nSPS) is 13.0. The van der Waals surface area contributed by atoms with Crippen LogP contribution < -0.4 is 16.4 Å². The molecule has 3 aromatic heterocycles. The van der Waals surface area contributed by atoms with E-state index in [4.69, 9.17) is 5.73 Å². The molecule has 136 valence electrons. The molecule has 1 amide bonds. The summed E-state index contributed by atoms with van der Waals surface area (Å²) in [5, 5.41) is 9.92. The van der Waals surface area contributed by atoms with Gasteiger partial charge in [-0.3, -0.25) is 9.78 Å². The van der Waals surface area contributed by atoms with E-state index < -0.39 is 11.7 Å². The van der Waals surface area contributed by atoms with Crippen LogP contribution in [0.4, 0.5) is 21.6 Å². The number of carbonyl (C=O) groups excluding carboxylic acids is 1. The average Bonchev–Trinajstić information content (AvgIpc) is 3.34. The highest BCUT2D eigenvalue weighted by Crippen LogP contribution is 2.28. The summed E-state index contributed by atoms with van der Waals surface area (Å²) < 4.78 is 15.0. The van der Waals surface area contributed by atoms with Gasteiger partial charge in [-0.15, -0.1) is 5.10 Å². The quantitative estimate of drug-likeness (QED) is 0.662. The number of halogens is 1. The Morgan fingerprint density at radius 1 is 1.31 bits per heavy atom. The van der Waals surface area contributed by atoms with Crippen LogP contribution in [0.3, 0.4) is 0 Å². The van der Waals surface area contributed by atoms with Gasteiger partial charge in [0.05, 0.1) is 23.8 Å². The summed E-state index contributed by atoms with van der Waals surface area (Å²) in [4.78, 5) is 20.3. The Bertz CT molecular complexity index is 936. The van der Waals surface area contributed by atoms with Gasteiger partial charge < -0.3 is 16.4 Å². The van der Waals surface area contributed by atoms with Crippen LogP contribution in [0, 0.1) is 5.82 Å². The second-order valence-electron chi connectivity index (χ2n) is 5.59. The van der Waals surface area contributed by atoms with E-state index in [-0.39, 0.29) is 17.2 Å². The van der Waals surface area contributed by atoms with Crippen LogP contribution in [0.1, 0.15) is 37.2 Å². The lowest BCUT2D eigenvalue weighted by atomic mass is 10.3. The van der Waals surface area contributed by atoms with E-state index in [1.165, 1.54) is 23.0 Å². The molecule has 8 nitrogen and oxygen atoms in total. The molecule has 3 aromatic rings. The summed E-state index contributed by atoms with van der Waals surface area (Å²) in [6.07, 6.45) is 5.97. The van der Waals surface area contributed by atoms with Crippen molar-refractivity contribution in [3.63, 3.8) is 0 Å². The summed E-state index contributed by atoms with van der Waals surface area (Å²) in [5.41, 5.74) is 7.24. The van der Waals surface area contributed by atoms with Gasteiger partial charge in [-0.1, -0.05) is 13.8 Å². The maximum absolute atomic E-state index is 13.6. The third-order valence-corrected chi connectivity index (χ3v) is 3.68. The van der Waals surface area contributed by atoms with Crippen molar-refractivity contribution in [2.45, 2.75) is 32.7 Å². The molecular weight excluding hydrogens is 337 g/mol. The molecule has 0 radical (unpaired) electrons. The van der Waals surface area contributed by atoms with Gasteiger partial charge in [0.1, 0.15) is 5.82 Å². The summed E-state index contributed by atoms with van der Waals surface area (Å²) >= 11 is 0. The molecule has 1 aliphatic rings. The van der Waals surface area contributed by atoms with Crippen LogP contribution in [0.25, 0.3) is 5.65 Å². The van der Waals surface area contributed by atoms with E-state index in [9.17, 15) is 9.18 Å². The number of pyridine rings is 1. The number of aromatic nitrogens is 4. The van der Waals surface area contributed by atoms with Crippen LogP contribution in [-0.4, -0.2) is 31.5 Å². The minimum atomic E-state index is -0.622. The molecule has 1 fully saturated rings. The van der Waals surface area contributed by atoms with Gasteiger partial charge in [-0.25, -0.2) is 13.9 Å². The van der Waals surface area contributed by atoms with Crippen LogP contribution in [0.2, 0.25) is 0 Å². The standard InChI is InChI=1S/C15H14FN7O.C2H6/c16-9-6-18-4-3-10(9)21-15(24)12-7-19-14-11(20-8-1-2-8)5-13(17)22-23(12)14;1-2/h3-8,20H,1-2H2,(H2,17,22)(H,18,21,24);1-2H3. The average molecular weight is 357 g/mol. The molecule has 0 atom stereocenters. The second-order valence-corrected chi connectivity index (χ2v) is 5.59. The smallest absolute Gasteiger partial charge is 0.276 e. The molecule has 3 heterocycles. The van der Waals surface area contributed by atoms with Gasteiger partial charge >= 0.3 is 0 Å². The fraction of sp³-hybridized carbons (Fsp3) is 0.294. The van der Waals surface area contributed by atoms with Crippen molar-refractivity contribution in [2.75, 3.05) is 16.4 Å². The number of nitrogens with one attached hydrogen (secondary N) is 2. The number of nitrogen functional groups attached to an aromatic ring is 1. The van der Waals surface area contributed by atoms with Crippen LogP contribution >= 0.6 is 0 Å². The van der Waals surface area contributed by atoms with E-state index in [1.807, 2.05) is 13.8 Å². The Morgan fingerprint density at radius 2 is 2.08 bits per heavy atom. The van der Waals surface area contributed by atoms with Gasteiger partial charge in [-0.05, 0) is 18.9 Å². The minimum Gasteiger partial charge on any atom is -0.382 e. The maximum atomic E-state index is 13.6. The molecule has 0 unspecified atom stereocenters. The lowest BCUT2D eigenvalue weighted by Gasteiger charge is -2.09. The fourth-order valence-corrected chi connectivity index (χ4v) is 2.36. The first-order valence-corrected chi connectivity index (χ1v) is 8.43. The van der Waals surface area contributed by atoms with Gasteiger partial charge in [0.15, 0.2) is 17.2 Å². The van der Waals surface area contributed by atoms with Crippen molar-refractivity contribution in [2.24, 2.45) is 0 Å². The Balaban J connectivity index is 0.000000948. The van der Waals surface area contributed by atoms with E-state index in [1.54, 1.807) is 6.07 Å². The van der Waals surface area contributed by atoms with Gasteiger partial charge in [-0.2, -0.15) is 0 Å². The summed E-state index contributed by atoms with van der Waals surface area (Å²) in [7, 11) is 0. The first-order chi connectivity index (χ1) is 12.6. The molecule has 1 saturated carbocycles. The molecule has 0 spiro atoms. The number of fused-ring (bicyclic) bond motifs is 1. The summed E-state index contributed by atoms with van der Waals surface area (Å²) in [5.74, 6) is -0.904. The lowest BCUT2D eigenvalue weighted by molar-refractivity contribution is 0.102. The van der Waals surface area contributed by atoms with E-state index in [2.05, 4.69) is 25.7 Å². The Kier molecular flexibility index (Phi) is 4.97. The number of hydrogen-bond acceptors (Lipinski definition) is 6. The number of nitrogens with two attached hydrogens (primary N) is 1. The van der Waals surface area contributed by atoms with Crippen LogP contribution in [0.15, 0.2) is 30.7 Å². The van der Waals surface area contributed by atoms with Crippen molar-refractivity contribution < 1.29 is 9.18 Å². The second kappa shape index (κ2) is 7.34. The predicted octanol–water partition coefficient (Wildman–Crippen LogP) is 2.70. The molecule has 1 aliphatic carbocycles. The highest BCUT2D eigenvalue weighted by molar-refractivity contribution is 6.03. The van der Waals surface area contributed by atoms with Gasteiger partial charge in [0, 0.05) is 18.3 Å². The molecule has 0 aliphatic heterocycles. The van der Waals surface area contributed by atoms with Gasteiger partial charge in [0.25, 0.3) is 5.91 Å². The topological polar surface area (TPSA) is 110 Å². The molecule has 4 rings (SSSR count). The number of rotatable bonds is 4. The Morgan fingerprint density at radius 3 is 2.77 bits per heavy atom. The largest absolute Gasteiger partial charge is 0.382 e. The number of amides is 1. The van der Waals surface area contributed by atoms with Gasteiger partial charge in [0.2, 0.25) is 0 Å². The van der Waals surface area contributed by atoms with E-state index in [0.717, 1.165) is 24.7 Å². The molecule has 0 saturated heterocycles. The fourth-order valence-electron chi connectivity index (χ4n) is 2.36. The van der Waals surface area contributed by atoms with E-state index in [0.29, 0.717) is 11.7 Å². The number of anilines is 3. The molecule has 0 bridgehead atoms. The SMILES string of the molecule is CC.Nc1cc(NC2CC2)c2ncc(C(=O)Nc3ccncc3F)n2n1. The summed E-state index contributed by atoms with van der Waals surface area (Å²) in [6.45, 7) is 4.00. The molecular formula is C17H20FN7O. The monoisotopic (exact) mass is 357 g/mol. The number of hydrogen-bond donors (Lipinski definition) is 3. The zero-order valence-corrected chi connectivity index (χ0v) is 14.5. The lowest BCUT2D eigenvalue weighted by Crippen LogP contribution is -2.17. The minimum absolute atomic E-state index is 0.0326. The number of nitrogens with zero attached hydrogens (tertiary/aromatic N) is 4. The Hall–Kier alpha value is -3.23. The highest BCUT2D eigenvalue weighted by atomic mass is 19.1. The van der Waals surface area contributed by atoms with Crippen molar-refractivity contribution in [3.8, 4) is 0 Å². The van der Waals surface area contributed by atoms with Crippen LogP contribution in [-0.2, 0) is 0 Å². The van der Waals surface area contributed by atoms with Crippen molar-refractivity contribution >= 4 is 28.7 Å². The van der Waals surface area contributed by atoms with Crippen LogP contribution in [0.5, 0.6) is 0 Å². The molecule has 4 N–H and O–H groups in total. The first kappa shape index (κ1) is 17.6. The van der Waals surface area contributed by atoms with Crippen molar-refractivity contribution in [1.29, 1.82) is 0 Å². The predicted molar refractivity (Wildman–Crippen MR) is 97.5 cm³/mol. The first-order valence-electron chi connectivity index (χ1n) is 8.43. The number of imidazole rings is 1. The number of carbonyl (C=O) groups is 1. The zero-order valence-electron chi connectivity index (χ0n) is 14.5. The van der Waals surface area contributed by atoms with Crippen molar-refractivity contribution in [1.82, 2.24) is 19.6 Å². The molecule has 9 heteroatoms. The Labute approximate surface area is 149 Å².